The molecular formula is C10H12BF3N2. The average Bonchev–Trinajstić information content (AvgIpc) is 2.61. The second kappa shape index (κ2) is 3.86. The summed E-state index contributed by atoms with van der Waals surface area (Å²) in [5, 5.41) is 0.844. The molecule has 86 valence electrons. The maximum atomic E-state index is 12.4. The maximum Gasteiger partial charge on any atom is 0.535 e. The van der Waals surface area contributed by atoms with Crippen molar-refractivity contribution in [3.8, 4) is 0 Å². The van der Waals surface area contributed by atoms with Crippen LogP contribution in [0.3, 0.4) is 0 Å². The molecular weight excluding hydrogens is 216 g/mol. The standard InChI is InChI=1S/C10H11BF3N2/c12-11(13,14)10(15)5-7-6-16-9-4-2-1-3-8(7)9/h1-4,6,10,16H,5,15H2/q-1/p+1. The number of rotatable bonds is 3. The zero-order chi connectivity index (χ0) is 11.8. The van der Waals surface area contributed by atoms with Gasteiger partial charge >= 0.3 is 6.98 Å². The van der Waals surface area contributed by atoms with E-state index < -0.39 is 12.9 Å². The summed E-state index contributed by atoms with van der Waals surface area (Å²) in [4.78, 5) is 2.96. The van der Waals surface area contributed by atoms with Gasteiger partial charge in [0.15, 0.2) is 0 Å². The van der Waals surface area contributed by atoms with Gasteiger partial charge in [0, 0.05) is 23.5 Å². The first-order chi connectivity index (χ1) is 7.48. The van der Waals surface area contributed by atoms with Crippen molar-refractivity contribution in [2.75, 3.05) is 0 Å². The van der Waals surface area contributed by atoms with E-state index in [4.69, 9.17) is 0 Å². The molecule has 0 aliphatic carbocycles. The van der Waals surface area contributed by atoms with Crippen LogP contribution in [0.5, 0.6) is 0 Å². The van der Waals surface area contributed by atoms with Crippen LogP contribution >= 0.6 is 0 Å². The minimum absolute atomic E-state index is 0.0620. The van der Waals surface area contributed by atoms with Gasteiger partial charge in [0.05, 0.1) is 5.94 Å². The largest absolute Gasteiger partial charge is 0.535 e. The highest BCUT2D eigenvalue weighted by Crippen LogP contribution is 2.21. The van der Waals surface area contributed by atoms with E-state index in [2.05, 4.69) is 10.7 Å². The lowest BCUT2D eigenvalue weighted by Gasteiger charge is -2.18. The molecule has 0 radical (unpaired) electrons. The molecule has 2 aromatic rings. The van der Waals surface area contributed by atoms with Gasteiger partial charge in [0.1, 0.15) is 0 Å². The molecule has 0 aliphatic heterocycles. The molecule has 16 heavy (non-hydrogen) atoms. The third-order valence-electron chi connectivity index (χ3n) is 2.69. The minimum atomic E-state index is -4.86. The molecule has 1 heterocycles. The van der Waals surface area contributed by atoms with Crippen LogP contribution < -0.4 is 5.73 Å². The normalized spacial score (nSPS) is 14.2. The number of H-pyrrole nitrogens is 1. The number of aromatic amines is 1. The predicted molar refractivity (Wildman–Crippen MR) is 57.8 cm³/mol. The predicted octanol–water partition coefficient (Wildman–Crippen LogP) is 1.71. The molecule has 4 N–H and O–H groups in total. The third-order valence-corrected chi connectivity index (χ3v) is 2.69. The number of fused-ring (bicyclic) bond motifs is 1. The van der Waals surface area contributed by atoms with Crippen LogP contribution in [0.4, 0.5) is 12.9 Å². The van der Waals surface area contributed by atoms with Gasteiger partial charge in [0.25, 0.3) is 0 Å². The lowest BCUT2D eigenvalue weighted by molar-refractivity contribution is -0.399. The summed E-state index contributed by atoms with van der Waals surface area (Å²) in [6.07, 6.45) is 1.57. The summed E-state index contributed by atoms with van der Waals surface area (Å²) in [6, 6.07) is 7.32. The smallest absolute Gasteiger partial charge is 0.445 e. The molecule has 0 saturated heterocycles. The Morgan fingerprint density at radius 3 is 2.62 bits per heavy atom. The van der Waals surface area contributed by atoms with E-state index in [1.165, 1.54) is 0 Å². The fourth-order valence-corrected chi connectivity index (χ4v) is 1.72. The number of aromatic nitrogens is 1. The second-order valence-corrected chi connectivity index (χ2v) is 3.95. The summed E-state index contributed by atoms with van der Waals surface area (Å²) in [5.41, 5.74) is 4.72. The van der Waals surface area contributed by atoms with E-state index in [1.807, 2.05) is 24.3 Å². The van der Waals surface area contributed by atoms with Crippen molar-refractivity contribution < 1.29 is 18.7 Å². The van der Waals surface area contributed by atoms with Crippen molar-refractivity contribution in [3.63, 3.8) is 0 Å². The second-order valence-electron chi connectivity index (χ2n) is 3.95. The van der Waals surface area contributed by atoms with Gasteiger partial charge in [-0.05, 0) is 11.6 Å². The number of quaternary nitrogens is 1. The number of benzene rings is 1. The Kier molecular flexibility index (Phi) is 2.67. The molecule has 0 spiro atoms. The Labute approximate surface area is 90.7 Å². The van der Waals surface area contributed by atoms with Crippen molar-refractivity contribution in [3.05, 3.63) is 36.0 Å². The van der Waals surface area contributed by atoms with Gasteiger partial charge in [-0.2, -0.15) is 0 Å². The van der Waals surface area contributed by atoms with Gasteiger partial charge in [0.2, 0.25) is 0 Å². The molecule has 2 rings (SSSR count). The zero-order valence-corrected chi connectivity index (χ0v) is 8.59. The SMILES string of the molecule is [NH3+]C(Cc1c[nH]c2ccccc12)[B-](F)(F)F. The molecule has 0 bridgehead atoms. The van der Waals surface area contributed by atoms with Crippen molar-refractivity contribution in [1.29, 1.82) is 0 Å². The molecule has 1 aromatic heterocycles. The highest BCUT2D eigenvalue weighted by Gasteiger charge is 2.36. The Morgan fingerprint density at radius 2 is 1.94 bits per heavy atom. The molecule has 1 atom stereocenters. The number of halogens is 3. The number of hydrogen-bond acceptors (Lipinski definition) is 0. The fourth-order valence-electron chi connectivity index (χ4n) is 1.72. The van der Waals surface area contributed by atoms with Crippen LogP contribution in [0.1, 0.15) is 5.56 Å². The summed E-state index contributed by atoms with van der Waals surface area (Å²) in [5.74, 6) is -1.50. The molecule has 0 amide bonds. The molecule has 1 aromatic carbocycles. The van der Waals surface area contributed by atoms with Crippen molar-refractivity contribution in [1.82, 2.24) is 4.98 Å². The Hall–Kier alpha value is -1.43. The molecule has 1 unspecified atom stereocenters. The van der Waals surface area contributed by atoms with Gasteiger partial charge in [-0.25, -0.2) is 0 Å². The fraction of sp³-hybridized carbons (Fsp3) is 0.200. The topological polar surface area (TPSA) is 43.4 Å². The van der Waals surface area contributed by atoms with Crippen LogP contribution in [0.2, 0.25) is 0 Å². The van der Waals surface area contributed by atoms with E-state index in [0.717, 1.165) is 10.9 Å². The van der Waals surface area contributed by atoms with E-state index >= 15 is 0 Å². The lowest BCUT2D eigenvalue weighted by Crippen LogP contribution is -2.71. The van der Waals surface area contributed by atoms with Crippen LogP contribution in [0.15, 0.2) is 30.5 Å². The number of hydrogen-bond donors (Lipinski definition) is 2. The van der Waals surface area contributed by atoms with E-state index in [-0.39, 0.29) is 6.42 Å². The summed E-state index contributed by atoms with van der Waals surface area (Å²) in [6.45, 7) is -4.86. The first-order valence-electron chi connectivity index (χ1n) is 5.06. The molecule has 0 saturated carbocycles. The van der Waals surface area contributed by atoms with Crippen LogP contribution in [0, 0.1) is 0 Å². The van der Waals surface area contributed by atoms with Gasteiger partial charge in [-0.3, -0.25) is 0 Å². The van der Waals surface area contributed by atoms with E-state index in [0.29, 0.717) is 5.56 Å². The van der Waals surface area contributed by atoms with Crippen molar-refractivity contribution >= 4 is 17.9 Å². The van der Waals surface area contributed by atoms with E-state index in [9.17, 15) is 12.9 Å². The quantitative estimate of drug-likeness (QED) is 0.751. The van der Waals surface area contributed by atoms with Crippen molar-refractivity contribution in [2.24, 2.45) is 0 Å². The van der Waals surface area contributed by atoms with E-state index in [1.54, 1.807) is 6.20 Å². The van der Waals surface area contributed by atoms with Gasteiger partial charge < -0.3 is 23.7 Å². The Balaban J connectivity index is 2.28. The summed E-state index contributed by atoms with van der Waals surface area (Å²) >= 11 is 0. The first-order valence-corrected chi connectivity index (χ1v) is 5.06. The zero-order valence-electron chi connectivity index (χ0n) is 8.59. The summed E-state index contributed by atoms with van der Waals surface area (Å²) in [7, 11) is 0. The number of nitrogens with one attached hydrogen (secondary N) is 1. The average molecular weight is 228 g/mol. The Bertz CT molecular complexity index is 492. The minimum Gasteiger partial charge on any atom is -0.445 e. The molecule has 0 aliphatic rings. The monoisotopic (exact) mass is 228 g/mol. The van der Waals surface area contributed by atoms with Crippen molar-refractivity contribution in [2.45, 2.75) is 12.4 Å². The first kappa shape index (κ1) is 11.1. The third kappa shape index (κ3) is 2.06. The van der Waals surface area contributed by atoms with Gasteiger partial charge in [-0.15, -0.1) is 0 Å². The highest BCUT2D eigenvalue weighted by atomic mass is 19.4. The Morgan fingerprint density at radius 1 is 1.25 bits per heavy atom. The van der Waals surface area contributed by atoms with Crippen LogP contribution in [-0.4, -0.2) is 17.9 Å². The highest BCUT2D eigenvalue weighted by molar-refractivity contribution is 6.59. The van der Waals surface area contributed by atoms with Crippen LogP contribution in [0.25, 0.3) is 10.9 Å². The summed E-state index contributed by atoms with van der Waals surface area (Å²) < 4.78 is 37.3. The lowest BCUT2D eigenvalue weighted by atomic mass is 9.76. The number of para-hydroxylation sites is 1. The van der Waals surface area contributed by atoms with Crippen LogP contribution in [-0.2, 0) is 6.42 Å². The molecule has 6 heteroatoms. The van der Waals surface area contributed by atoms with Gasteiger partial charge in [-0.1, -0.05) is 18.2 Å². The molecule has 0 fully saturated rings. The maximum absolute atomic E-state index is 12.4. The molecule has 2 nitrogen and oxygen atoms in total.